The molecular formula is C12H16N2O4S. The summed E-state index contributed by atoms with van der Waals surface area (Å²) < 4.78 is 26.8. The second kappa shape index (κ2) is 5.18. The highest BCUT2D eigenvalue weighted by molar-refractivity contribution is 7.89. The van der Waals surface area contributed by atoms with E-state index >= 15 is 0 Å². The third-order valence-electron chi connectivity index (χ3n) is 3.10. The molecule has 0 aromatic heterocycles. The zero-order valence-corrected chi connectivity index (χ0v) is 11.4. The summed E-state index contributed by atoms with van der Waals surface area (Å²) in [5.74, 6) is 0.0435. The summed E-state index contributed by atoms with van der Waals surface area (Å²) in [4.78, 5) is 13.0. The van der Waals surface area contributed by atoms with Crippen molar-refractivity contribution >= 4 is 15.9 Å². The van der Waals surface area contributed by atoms with Gasteiger partial charge in [0.05, 0.1) is 4.90 Å². The number of phenolic OH excluding ortho intramolecular Hbond substituents is 1. The smallest absolute Gasteiger partial charge is 0.240 e. The lowest BCUT2D eigenvalue weighted by atomic mass is 10.1. The Bertz CT molecular complexity index is 568. The molecule has 1 aliphatic rings. The van der Waals surface area contributed by atoms with Crippen LogP contribution in [0.5, 0.6) is 5.75 Å². The van der Waals surface area contributed by atoms with E-state index in [1.165, 1.54) is 29.2 Å². The number of piperidine rings is 1. The van der Waals surface area contributed by atoms with Gasteiger partial charge in [-0.05, 0) is 30.7 Å². The molecule has 1 amide bonds. The van der Waals surface area contributed by atoms with Gasteiger partial charge in [-0.1, -0.05) is 0 Å². The summed E-state index contributed by atoms with van der Waals surface area (Å²) in [6, 6.07) is 5.06. The van der Waals surface area contributed by atoms with Crippen LogP contribution in [0.3, 0.4) is 0 Å². The van der Waals surface area contributed by atoms with Crippen molar-refractivity contribution in [1.29, 1.82) is 0 Å². The number of likely N-dealkylation sites (tertiary alicyclic amines) is 1. The molecule has 0 aliphatic carbocycles. The number of amides is 1. The summed E-state index contributed by atoms with van der Waals surface area (Å²) in [6.45, 7) is 0.371. The highest BCUT2D eigenvalue weighted by atomic mass is 32.2. The zero-order chi connectivity index (χ0) is 14.0. The van der Waals surface area contributed by atoms with Crippen molar-refractivity contribution in [3.05, 3.63) is 24.3 Å². The number of rotatable bonds is 3. The molecule has 1 aromatic carbocycles. The number of hydrogen-bond acceptors (Lipinski definition) is 4. The number of likely N-dealkylation sites (N-methyl/N-ethyl adjacent to an activating group) is 1. The summed E-state index contributed by atoms with van der Waals surface area (Å²) in [5.41, 5.74) is 0. The summed E-state index contributed by atoms with van der Waals surface area (Å²) in [6.07, 6.45) is 0.847. The van der Waals surface area contributed by atoms with Gasteiger partial charge in [-0.25, -0.2) is 13.1 Å². The molecule has 0 radical (unpaired) electrons. The molecular weight excluding hydrogens is 268 g/mol. The second-order valence-electron chi connectivity index (χ2n) is 4.63. The molecule has 1 atom stereocenters. The molecule has 1 aliphatic heterocycles. The Balaban J connectivity index is 2.09. The second-order valence-corrected chi connectivity index (χ2v) is 6.34. The number of hydrogen-bond donors (Lipinski definition) is 2. The molecule has 0 bridgehead atoms. The van der Waals surface area contributed by atoms with Crippen LogP contribution < -0.4 is 4.72 Å². The summed E-state index contributed by atoms with van der Waals surface area (Å²) in [7, 11) is -1.96. The molecule has 0 spiro atoms. The topological polar surface area (TPSA) is 86.7 Å². The fraction of sp³-hybridized carbons (Fsp3) is 0.417. The first-order valence-electron chi connectivity index (χ1n) is 5.94. The summed E-state index contributed by atoms with van der Waals surface area (Å²) >= 11 is 0. The zero-order valence-electron chi connectivity index (χ0n) is 10.5. The van der Waals surface area contributed by atoms with Gasteiger partial charge in [-0.2, -0.15) is 0 Å². The lowest BCUT2D eigenvalue weighted by Crippen LogP contribution is -2.48. The van der Waals surface area contributed by atoms with Crippen molar-refractivity contribution in [1.82, 2.24) is 9.62 Å². The highest BCUT2D eigenvalue weighted by Crippen LogP contribution is 2.17. The van der Waals surface area contributed by atoms with Crippen LogP contribution in [0.2, 0.25) is 0 Å². The van der Waals surface area contributed by atoms with Crippen LogP contribution in [-0.2, 0) is 14.8 Å². The molecule has 0 saturated carbocycles. The minimum absolute atomic E-state index is 0.0157. The molecule has 104 valence electrons. The van der Waals surface area contributed by atoms with E-state index in [0.717, 1.165) is 0 Å². The Morgan fingerprint density at radius 1 is 1.32 bits per heavy atom. The lowest BCUT2D eigenvalue weighted by molar-refractivity contribution is -0.132. The van der Waals surface area contributed by atoms with Crippen molar-refractivity contribution in [2.45, 2.75) is 23.8 Å². The third-order valence-corrected chi connectivity index (χ3v) is 4.63. The standard InChI is InChI=1S/C12H16N2O4S/c1-14-8-9(2-7-12(14)16)13-19(17,18)11-5-3-10(15)4-6-11/h3-6,9,13,15H,2,7-8H2,1H3. The van der Waals surface area contributed by atoms with Gasteiger partial charge in [0.15, 0.2) is 0 Å². The van der Waals surface area contributed by atoms with Gasteiger partial charge in [-0.3, -0.25) is 4.79 Å². The number of nitrogens with one attached hydrogen (secondary N) is 1. The molecule has 1 fully saturated rings. The van der Waals surface area contributed by atoms with Gasteiger partial charge in [0.2, 0.25) is 15.9 Å². The van der Waals surface area contributed by atoms with E-state index in [1.54, 1.807) is 7.05 Å². The normalized spacial score (nSPS) is 20.6. The maximum Gasteiger partial charge on any atom is 0.240 e. The number of carbonyl (C=O) groups excluding carboxylic acids is 1. The number of carbonyl (C=O) groups is 1. The molecule has 6 nitrogen and oxygen atoms in total. The average Bonchev–Trinajstić information content (AvgIpc) is 2.34. The van der Waals surface area contributed by atoms with E-state index in [0.29, 0.717) is 19.4 Å². The quantitative estimate of drug-likeness (QED) is 0.835. The van der Waals surface area contributed by atoms with E-state index in [1.807, 2.05) is 0 Å². The first-order valence-corrected chi connectivity index (χ1v) is 7.42. The van der Waals surface area contributed by atoms with Crippen LogP contribution in [-0.4, -0.2) is 44.0 Å². The Kier molecular flexibility index (Phi) is 3.77. The fourth-order valence-corrected chi connectivity index (χ4v) is 3.28. The molecule has 1 heterocycles. The number of phenols is 1. The van der Waals surface area contributed by atoms with Crippen LogP contribution in [0.4, 0.5) is 0 Å². The van der Waals surface area contributed by atoms with E-state index in [9.17, 15) is 13.2 Å². The third kappa shape index (κ3) is 3.24. The van der Waals surface area contributed by atoms with Crippen molar-refractivity contribution in [2.75, 3.05) is 13.6 Å². The van der Waals surface area contributed by atoms with Gasteiger partial charge in [0.1, 0.15) is 5.75 Å². The maximum absolute atomic E-state index is 12.1. The Labute approximate surface area is 112 Å². The largest absolute Gasteiger partial charge is 0.508 e. The number of aromatic hydroxyl groups is 1. The number of sulfonamides is 1. The molecule has 1 unspecified atom stereocenters. The molecule has 2 rings (SSSR count). The van der Waals surface area contributed by atoms with Crippen molar-refractivity contribution in [3.8, 4) is 5.75 Å². The van der Waals surface area contributed by atoms with Gasteiger partial charge in [0, 0.05) is 26.1 Å². The summed E-state index contributed by atoms with van der Waals surface area (Å²) in [5, 5.41) is 9.15. The highest BCUT2D eigenvalue weighted by Gasteiger charge is 2.27. The number of nitrogens with zero attached hydrogens (tertiary/aromatic N) is 1. The minimum atomic E-state index is -3.62. The van der Waals surface area contributed by atoms with Crippen LogP contribution >= 0.6 is 0 Å². The van der Waals surface area contributed by atoms with Crippen molar-refractivity contribution < 1.29 is 18.3 Å². The van der Waals surface area contributed by atoms with Crippen molar-refractivity contribution in [2.24, 2.45) is 0 Å². The Morgan fingerprint density at radius 2 is 1.95 bits per heavy atom. The van der Waals surface area contributed by atoms with Gasteiger partial charge < -0.3 is 10.0 Å². The molecule has 2 N–H and O–H groups in total. The molecule has 1 saturated heterocycles. The minimum Gasteiger partial charge on any atom is -0.508 e. The van der Waals surface area contributed by atoms with Crippen LogP contribution in [0.15, 0.2) is 29.2 Å². The van der Waals surface area contributed by atoms with Crippen LogP contribution in [0, 0.1) is 0 Å². The Hall–Kier alpha value is -1.60. The van der Waals surface area contributed by atoms with Crippen molar-refractivity contribution in [3.63, 3.8) is 0 Å². The monoisotopic (exact) mass is 284 g/mol. The fourth-order valence-electron chi connectivity index (χ4n) is 2.02. The number of benzene rings is 1. The van der Waals surface area contributed by atoms with Crippen LogP contribution in [0.25, 0.3) is 0 Å². The lowest BCUT2D eigenvalue weighted by Gasteiger charge is -2.29. The van der Waals surface area contributed by atoms with Gasteiger partial charge >= 0.3 is 0 Å². The first-order chi connectivity index (χ1) is 8.88. The van der Waals surface area contributed by atoms with Crippen LogP contribution in [0.1, 0.15) is 12.8 Å². The van der Waals surface area contributed by atoms with E-state index in [2.05, 4.69) is 4.72 Å². The molecule has 7 heteroatoms. The predicted molar refractivity (Wildman–Crippen MR) is 69.1 cm³/mol. The maximum atomic E-state index is 12.1. The van der Waals surface area contributed by atoms with E-state index < -0.39 is 10.0 Å². The Morgan fingerprint density at radius 3 is 2.53 bits per heavy atom. The van der Waals surface area contributed by atoms with Gasteiger partial charge in [-0.15, -0.1) is 0 Å². The SMILES string of the molecule is CN1CC(NS(=O)(=O)c2ccc(O)cc2)CCC1=O. The van der Waals surface area contributed by atoms with E-state index in [4.69, 9.17) is 5.11 Å². The van der Waals surface area contributed by atoms with Gasteiger partial charge in [0.25, 0.3) is 0 Å². The molecule has 19 heavy (non-hydrogen) atoms. The van der Waals surface area contributed by atoms with E-state index in [-0.39, 0.29) is 22.6 Å². The molecule has 1 aromatic rings. The first kappa shape index (κ1) is 13.8. The predicted octanol–water partition coefficient (Wildman–Crippen LogP) is 0.291. The average molecular weight is 284 g/mol.